The number of carbonyl (C=O) groups is 1. The minimum atomic E-state index is -0.330. The summed E-state index contributed by atoms with van der Waals surface area (Å²) in [7, 11) is 1.60. The van der Waals surface area contributed by atoms with Crippen molar-refractivity contribution in [1.29, 1.82) is 0 Å². The zero-order valence-corrected chi connectivity index (χ0v) is 10.5. The molecule has 1 aromatic carbocycles. The number of ether oxygens (including phenoxy) is 1. The Kier molecular flexibility index (Phi) is 4.28. The fourth-order valence-corrected chi connectivity index (χ4v) is 1.49. The number of anilines is 1. The molecule has 0 aliphatic rings. The lowest BCUT2D eigenvalue weighted by molar-refractivity contribution is 0.251. The number of urea groups is 1. The Morgan fingerprint density at radius 3 is 3.00 bits per heavy atom. The first-order chi connectivity index (χ1) is 9.28. The number of amides is 2. The van der Waals surface area contributed by atoms with Crippen molar-refractivity contribution in [3.63, 3.8) is 0 Å². The molecule has 0 atom stereocenters. The maximum Gasteiger partial charge on any atom is 0.320 e. The summed E-state index contributed by atoms with van der Waals surface area (Å²) in [6.45, 7) is 0.406. The molecular weight excluding hydrogens is 244 g/mol. The van der Waals surface area contributed by atoms with Crippen molar-refractivity contribution >= 4 is 11.8 Å². The van der Waals surface area contributed by atoms with E-state index in [0.717, 1.165) is 11.3 Å². The molecule has 1 aromatic heterocycles. The molecule has 0 aliphatic carbocycles. The number of nitrogens with zero attached hydrogens (tertiary/aromatic N) is 2. The normalized spacial score (nSPS) is 9.74. The van der Waals surface area contributed by atoms with Crippen molar-refractivity contribution < 1.29 is 9.53 Å². The molecular formula is C13H14N4O2. The first-order valence-electron chi connectivity index (χ1n) is 5.72. The maximum atomic E-state index is 11.6. The lowest BCUT2D eigenvalue weighted by Gasteiger charge is -2.07. The summed E-state index contributed by atoms with van der Waals surface area (Å²) in [6.07, 6.45) is 4.53. The third-order valence-electron chi connectivity index (χ3n) is 2.39. The Balaban J connectivity index is 1.86. The summed E-state index contributed by atoms with van der Waals surface area (Å²) in [6, 6.07) is 7.16. The molecule has 0 saturated carbocycles. The van der Waals surface area contributed by atoms with E-state index in [-0.39, 0.29) is 6.03 Å². The van der Waals surface area contributed by atoms with E-state index in [2.05, 4.69) is 20.6 Å². The van der Waals surface area contributed by atoms with Gasteiger partial charge in [0.05, 0.1) is 13.3 Å². The van der Waals surface area contributed by atoms with Crippen LogP contribution in [0, 0.1) is 0 Å². The van der Waals surface area contributed by atoms with Crippen LogP contribution in [-0.4, -0.2) is 23.1 Å². The van der Waals surface area contributed by atoms with E-state index in [4.69, 9.17) is 4.74 Å². The molecule has 2 rings (SSSR count). The van der Waals surface area contributed by atoms with Gasteiger partial charge in [-0.1, -0.05) is 12.1 Å². The summed E-state index contributed by atoms with van der Waals surface area (Å²) in [5, 5.41) is 5.31. The maximum absolute atomic E-state index is 11.6. The highest BCUT2D eigenvalue weighted by molar-refractivity contribution is 5.87. The Hall–Kier alpha value is -2.63. The predicted molar refractivity (Wildman–Crippen MR) is 70.9 cm³/mol. The lowest BCUT2D eigenvalue weighted by Crippen LogP contribution is -2.28. The average Bonchev–Trinajstić information content (AvgIpc) is 2.46. The molecule has 0 saturated heterocycles. The van der Waals surface area contributed by atoms with Gasteiger partial charge in [0.15, 0.2) is 5.82 Å². The molecule has 98 valence electrons. The zero-order chi connectivity index (χ0) is 13.5. The second-order valence-corrected chi connectivity index (χ2v) is 3.75. The SMILES string of the molecule is COc1cccc(CNC(=O)Nc2cnccn2)c1. The third kappa shape index (κ3) is 3.95. The summed E-state index contributed by atoms with van der Waals surface area (Å²) in [4.78, 5) is 19.4. The number of nitrogens with one attached hydrogen (secondary N) is 2. The molecule has 1 heterocycles. The van der Waals surface area contributed by atoms with Gasteiger partial charge < -0.3 is 10.1 Å². The number of benzene rings is 1. The molecule has 19 heavy (non-hydrogen) atoms. The number of aromatic nitrogens is 2. The van der Waals surface area contributed by atoms with Gasteiger partial charge in [-0.25, -0.2) is 9.78 Å². The number of hydrogen-bond donors (Lipinski definition) is 2. The highest BCUT2D eigenvalue weighted by Crippen LogP contribution is 2.12. The molecule has 2 N–H and O–H groups in total. The van der Waals surface area contributed by atoms with Crippen molar-refractivity contribution in [1.82, 2.24) is 15.3 Å². The van der Waals surface area contributed by atoms with E-state index in [0.29, 0.717) is 12.4 Å². The van der Waals surface area contributed by atoms with E-state index in [9.17, 15) is 4.79 Å². The third-order valence-corrected chi connectivity index (χ3v) is 2.39. The minimum absolute atomic E-state index is 0.330. The first kappa shape index (κ1) is 12.8. The van der Waals surface area contributed by atoms with Crippen molar-refractivity contribution in [2.24, 2.45) is 0 Å². The Morgan fingerprint density at radius 1 is 1.37 bits per heavy atom. The Labute approximate surface area is 110 Å². The highest BCUT2D eigenvalue weighted by atomic mass is 16.5. The van der Waals surface area contributed by atoms with Crippen LogP contribution in [0.1, 0.15) is 5.56 Å². The summed E-state index contributed by atoms with van der Waals surface area (Å²) >= 11 is 0. The number of hydrogen-bond acceptors (Lipinski definition) is 4. The molecule has 0 radical (unpaired) electrons. The number of methoxy groups -OCH3 is 1. The van der Waals surface area contributed by atoms with Crippen LogP contribution < -0.4 is 15.4 Å². The molecule has 2 amide bonds. The molecule has 0 bridgehead atoms. The molecule has 0 aliphatic heterocycles. The van der Waals surface area contributed by atoms with Gasteiger partial charge in [0.25, 0.3) is 0 Å². The van der Waals surface area contributed by atoms with Gasteiger partial charge in [-0.3, -0.25) is 10.3 Å². The smallest absolute Gasteiger partial charge is 0.320 e. The van der Waals surface area contributed by atoms with Gasteiger partial charge >= 0.3 is 6.03 Å². The van der Waals surface area contributed by atoms with Crippen LogP contribution in [0.2, 0.25) is 0 Å². The predicted octanol–water partition coefficient (Wildman–Crippen LogP) is 1.81. The fourth-order valence-electron chi connectivity index (χ4n) is 1.49. The first-order valence-corrected chi connectivity index (χ1v) is 5.72. The van der Waals surface area contributed by atoms with Gasteiger partial charge in [-0.15, -0.1) is 0 Å². The largest absolute Gasteiger partial charge is 0.497 e. The fraction of sp³-hybridized carbons (Fsp3) is 0.154. The van der Waals surface area contributed by atoms with Crippen LogP contribution in [0.15, 0.2) is 42.9 Å². The second-order valence-electron chi connectivity index (χ2n) is 3.75. The van der Waals surface area contributed by atoms with Crippen LogP contribution in [0.5, 0.6) is 5.75 Å². The molecule has 6 nitrogen and oxygen atoms in total. The molecule has 0 unspecified atom stereocenters. The van der Waals surface area contributed by atoms with Gasteiger partial charge in [-0.2, -0.15) is 0 Å². The van der Waals surface area contributed by atoms with Gasteiger partial charge in [0.1, 0.15) is 5.75 Å². The Bertz CT molecular complexity index is 545. The van der Waals surface area contributed by atoms with Gasteiger partial charge in [0.2, 0.25) is 0 Å². The monoisotopic (exact) mass is 258 g/mol. The van der Waals surface area contributed by atoms with Crippen LogP contribution in [0.25, 0.3) is 0 Å². The second kappa shape index (κ2) is 6.34. The molecule has 0 spiro atoms. The molecule has 2 aromatic rings. The van der Waals surface area contributed by atoms with E-state index < -0.39 is 0 Å². The van der Waals surface area contributed by atoms with E-state index >= 15 is 0 Å². The van der Waals surface area contributed by atoms with Crippen molar-refractivity contribution in [2.75, 3.05) is 12.4 Å². The minimum Gasteiger partial charge on any atom is -0.497 e. The summed E-state index contributed by atoms with van der Waals surface area (Å²) in [5.41, 5.74) is 0.952. The molecule has 6 heteroatoms. The average molecular weight is 258 g/mol. The zero-order valence-electron chi connectivity index (χ0n) is 10.5. The van der Waals surface area contributed by atoms with E-state index in [1.165, 1.54) is 12.4 Å². The van der Waals surface area contributed by atoms with E-state index in [1.54, 1.807) is 13.3 Å². The van der Waals surface area contributed by atoms with Crippen LogP contribution in [0.3, 0.4) is 0 Å². The summed E-state index contributed by atoms with van der Waals surface area (Å²) in [5.74, 6) is 1.17. The van der Waals surface area contributed by atoms with Crippen molar-refractivity contribution in [3.8, 4) is 5.75 Å². The van der Waals surface area contributed by atoms with E-state index in [1.807, 2.05) is 24.3 Å². The quantitative estimate of drug-likeness (QED) is 0.876. The van der Waals surface area contributed by atoms with Crippen LogP contribution in [0.4, 0.5) is 10.6 Å². The van der Waals surface area contributed by atoms with Crippen molar-refractivity contribution in [2.45, 2.75) is 6.54 Å². The standard InChI is InChI=1S/C13H14N4O2/c1-19-11-4-2-3-10(7-11)8-16-13(18)17-12-9-14-5-6-15-12/h2-7,9H,8H2,1H3,(H2,15,16,17,18). The lowest BCUT2D eigenvalue weighted by atomic mass is 10.2. The topological polar surface area (TPSA) is 76.1 Å². The number of carbonyl (C=O) groups excluding carboxylic acids is 1. The van der Waals surface area contributed by atoms with Gasteiger partial charge in [-0.05, 0) is 17.7 Å². The van der Waals surface area contributed by atoms with Crippen LogP contribution >= 0.6 is 0 Å². The highest BCUT2D eigenvalue weighted by Gasteiger charge is 2.02. The summed E-state index contributed by atoms with van der Waals surface area (Å²) < 4.78 is 5.11. The van der Waals surface area contributed by atoms with Gasteiger partial charge in [0, 0.05) is 18.9 Å². The Morgan fingerprint density at radius 2 is 2.26 bits per heavy atom. The molecule has 0 fully saturated rings. The number of rotatable bonds is 4. The van der Waals surface area contributed by atoms with Crippen molar-refractivity contribution in [3.05, 3.63) is 48.4 Å². The van der Waals surface area contributed by atoms with Crippen LogP contribution in [-0.2, 0) is 6.54 Å².